The summed E-state index contributed by atoms with van der Waals surface area (Å²) >= 11 is 0. The van der Waals surface area contributed by atoms with Crippen molar-refractivity contribution in [2.45, 2.75) is 18.5 Å². The monoisotopic (exact) mass is 736 g/mol. The molecule has 4 heterocycles. The number of nitrogens with zero attached hydrogens (tertiary/aromatic N) is 1. The Hall–Kier alpha value is -6.96. The third-order valence-electron chi connectivity index (χ3n) is 11.7. The summed E-state index contributed by atoms with van der Waals surface area (Å²) in [5.74, 6) is 0. The number of rotatable bonds is 5. The molecule has 0 aliphatic carbocycles. The average Bonchev–Trinajstić information content (AvgIpc) is 3.96. The lowest BCUT2D eigenvalue weighted by Gasteiger charge is -2.39. The van der Waals surface area contributed by atoms with Gasteiger partial charge in [-0.2, -0.15) is 0 Å². The van der Waals surface area contributed by atoms with Crippen molar-refractivity contribution in [2.75, 3.05) is 0 Å². The summed E-state index contributed by atoms with van der Waals surface area (Å²) in [7, 11) is 0. The lowest BCUT2D eigenvalue weighted by molar-refractivity contribution is 0.203. The van der Waals surface area contributed by atoms with Gasteiger partial charge in [0.2, 0.25) is 0 Å². The molecule has 2 atom stereocenters. The van der Waals surface area contributed by atoms with E-state index in [9.17, 15) is 0 Å². The smallest absolute Gasteiger partial charge is 0.159 e. The molecule has 57 heavy (non-hydrogen) atoms. The summed E-state index contributed by atoms with van der Waals surface area (Å²) in [6, 6.07) is 64.3. The van der Waals surface area contributed by atoms with Gasteiger partial charge >= 0.3 is 0 Å². The van der Waals surface area contributed by atoms with Crippen LogP contribution < -0.4 is 16.0 Å². The van der Waals surface area contributed by atoms with Gasteiger partial charge in [0.25, 0.3) is 0 Å². The zero-order valence-corrected chi connectivity index (χ0v) is 30.8. The maximum atomic E-state index is 6.96. The Morgan fingerprint density at radius 3 is 1.63 bits per heavy atom. The highest BCUT2D eigenvalue weighted by Crippen LogP contribution is 2.42. The molecule has 8 aromatic carbocycles. The van der Waals surface area contributed by atoms with E-state index < -0.39 is 0 Å². The normalized spacial score (nSPS) is 17.4. The van der Waals surface area contributed by atoms with Crippen LogP contribution in [0, 0.1) is 0 Å². The molecule has 1 aliphatic heterocycles. The Labute approximate surface area is 327 Å². The fourth-order valence-electron chi connectivity index (χ4n) is 9.05. The van der Waals surface area contributed by atoms with Gasteiger partial charge in [0.1, 0.15) is 16.7 Å². The molecule has 1 aliphatic rings. The Kier molecular flexibility index (Phi) is 7.25. The summed E-state index contributed by atoms with van der Waals surface area (Å²) in [6.45, 7) is 0. The van der Waals surface area contributed by atoms with Crippen LogP contribution in [0.2, 0.25) is 0 Å². The molecular formula is C51H36N4O2. The molecule has 3 aromatic heterocycles. The van der Waals surface area contributed by atoms with E-state index in [1.165, 1.54) is 21.9 Å². The first-order valence-corrected chi connectivity index (χ1v) is 19.5. The first-order valence-electron chi connectivity index (χ1n) is 19.5. The summed E-state index contributed by atoms with van der Waals surface area (Å²) in [6.07, 6.45) is -0.185. The lowest BCUT2D eigenvalue weighted by atomic mass is 10.00. The van der Waals surface area contributed by atoms with Gasteiger partial charge in [0.15, 0.2) is 5.58 Å². The van der Waals surface area contributed by atoms with Gasteiger partial charge in [-0.3, -0.25) is 16.0 Å². The maximum Gasteiger partial charge on any atom is 0.159 e. The summed E-state index contributed by atoms with van der Waals surface area (Å²) < 4.78 is 15.9. The average molecular weight is 737 g/mol. The van der Waals surface area contributed by atoms with Crippen molar-refractivity contribution < 1.29 is 8.83 Å². The molecule has 0 saturated carbocycles. The molecule has 11 aromatic rings. The van der Waals surface area contributed by atoms with Gasteiger partial charge in [0, 0.05) is 37.9 Å². The van der Waals surface area contributed by atoms with Crippen LogP contribution in [0.15, 0.2) is 191 Å². The Balaban J connectivity index is 0.944. The molecule has 0 spiro atoms. The first-order chi connectivity index (χ1) is 28.2. The van der Waals surface area contributed by atoms with E-state index in [4.69, 9.17) is 8.83 Å². The van der Waals surface area contributed by atoms with Gasteiger partial charge in [-0.1, -0.05) is 140 Å². The van der Waals surface area contributed by atoms with E-state index in [1.807, 2.05) is 0 Å². The van der Waals surface area contributed by atoms with E-state index in [0.717, 1.165) is 77.3 Å². The van der Waals surface area contributed by atoms with Crippen LogP contribution in [0.5, 0.6) is 0 Å². The second kappa shape index (κ2) is 12.8. The topological polar surface area (TPSA) is 67.3 Å². The SMILES string of the molecule is c1ccc(C2NC(c3ccccc3)NC(c3ccc4oc5cc(-c6cccc7c6oc6c(-n8c9ccccc9c9ccccc98)cccc67)ccc5c4c3)N2)cc1. The highest BCUT2D eigenvalue weighted by Gasteiger charge is 2.30. The molecule has 2 unspecified atom stereocenters. The molecule has 0 bridgehead atoms. The van der Waals surface area contributed by atoms with E-state index >= 15 is 0 Å². The summed E-state index contributed by atoms with van der Waals surface area (Å²) in [5, 5.41) is 18.2. The van der Waals surface area contributed by atoms with Crippen LogP contribution in [-0.4, -0.2) is 4.57 Å². The molecule has 12 rings (SSSR count). The second-order valence-electron chi connectivity index (χ2n) is 15.0. The Morgan fingerprint density at radius 1 is 0.368 bits per heavy atom. The molecule has 1 saturated heterocycles. The van der Waals surface area contributed by atoms with Gasteiger partial charge in [-0.15, -0.1) is 0 Å². The number of hydrogen-bond donors (Lipinski definition) is 3. The number of aromatic nitrogens is 1. The van der Waals surface area contributed by atoms with Gasteiger partial charge in [0.05, 0.1) is 35.2 Å². The van der Waals surface area contributed by atoms with Gasteiger partial charge in [-0.05, 0) is 64.7 Å². The van der Waals surface area contributed by atoms with Crippen LogP contribution in [0.3, 0.4) is 0 Å². The van der Waals surface area contributed by atoms with Crippen molar-refractivity contribution >= 4 is 65.7 Å². The van der Waals surface area contributed by atoms with E-state index in [0.29, 0.717) is 0 Å². The minimum Gasteiger partial charge on any atom is -0.456 e. The summed E-state index contributed by atoms with van der Waals surface area (Å²) in [5.41, 5.74) is 12.4. The molecular weight excluding hydrogens is 701 g/mol. The standard InChI is InChI=1S/C51H36N4O2/c1-3-13-31(14-4-1)49-52-50(32-15-5-2-6-16-32)54-51(53-49)34-26-28-45-41(29-34)38-27-25-33(30-46(38)56-45)35-19-11-20-39-40-21-12-24-44(48(40)57-47(35)39)55-42-22-9-7-17-36(42)37-18-8-10-23-43(37)55/h1-30,49-54H. The molecule has 272 valence electrons. The number of fused-ring (bicyclic) bond motifs is 9. The molecule has 0 radical (unpaired) electrons. The van der Waals surface area contributed by atoms with Crippen molar-refractivity contribution in [3.8, 4) is 16.8 Å². The number of nitrogens with one attached hydrogen (secondary N) is 3. The fourth-order valence-corrected chi connectivity index (χ4v) is 9.05. The van der Waals surface area contributed by atoms with Gasteiger partial charge in [-0.25, -0.2) is 0 Å². The molecule has 0 amide bonds. The number of furan rings is 2. The summed E-state index contributed by atoms with van der Waals surface area (Å²) in [4.78, 5) is 0. The Morgan fingerprint density at radius 2 is 0.947 bits per heavy atom. The predicted molar refractivity (Wildman–Crippen MR) is 231 cm³/mol. The van der Waals surface area contributed by atoms with Crippen LogP contribution in [0.25, 0.3) is 82.5 Å². The molecule has 1 fully saturated rings. The number of benzene rings is 8. The van der Waals surface area contributed by atoms with E-state index in [2.05, 4.69) is 203 Å². The first kappa shape index (κ1) is 32.3. The lowest BCUT2D eigenvalue weighted by Crippen LogP contribution is -2.54. The highest BCUT2D eigenvalue weighted by atomic mass is 16.3. The molecule has 6 nitrogen and oxygen atoms in total. The second-order valence-corrected chi connectivity index (χ2v) is 15.0. The third-order valence-corrected chi connectivity index (χ3v) is 11.7. The molecule has 3 N–H and O–H groups in total. The van der Waals surface area contributed by atoms with Crippen molar-refractivity contribution in [2.24, 2.45) is 0 Å². The van der Waals surface area contributed by atoms with Gasteiger partial charge < -0.3 is 13.4 Å². The van der Waals surface area contributed by atoms with E-state index in [-0.39, 0.29) is 18.5 Å². The molecule has 6 heteroatoms. The predicted octanol–water partition coefficient (Wildman–Crippen LogP) is 12.4. The van der Waals surface area contributed by atoms with Crippen LogP contribution in [0.4, 0.5) is 0 Å². The Bertz CT molecular complexity index is 3210. The fraction of sp³-hybridized carbons (Fsp3) is 0.0588. The van der Waals surface area contributed by atoms with Crippen molar-refractivity contribution in [1.82, 2.24) is 20.5 Å². The van der Waals surface area contributed by atoms with Crippen molar-refractivity contribution in [3.05, 3.63) is 199 Å². The zero-order chi connectivity index (χ0) is 37.5. The minimum atomic E-state index is -0.103. The quantitative estimate of drug-likeness (QED) is 0.164. The van der Waals surface area contributed by atoms with E-state index in [1.54, 1.807) is 0 Å². The van der Waals surface area contributed by atoms with Crippen LogP contribution in [-0.2, 0) is 0 Å². The number of hydrogen-bond acceptors (Lipinski definition) is 5. The van der Waals surface area contributed by atoms with Crippen LogP contribution >= 0.6 is 0 Å². The largest absolute Gasteiger partial charge is 0.456 e. The maximum absolute atomic E-state index is 6.96. The third kappa shape index (κ3) is 5.16. The van der Waals surface area contributed by atoms with Crippen LogP contribution in [0.1, 0.15) is 35.2 Å². The number of para-hydroxylation sites is 4. The zero-order valence-electron chi connectivity index (χ0n) is 30.8. The highest BCUT2D eigenvalue weighted by molar-refractivity contribution is 6.15. The minimum absolute atomic E-state index is 0.0407. The van der Waals surface area contributed by atoms with Crippen molar-refractivity contribution in [3.63, 3.8) is 0 Å². The van der Waals surface area contributed by atoms with Crippen molar-refractivity contribution in [1.29, 1.82) is 0 Å².